The van der Waals surface area contributed by atoms with E-state index in [9.17, 15) is 4.79 Å². The highest BCUT2D eigenvalue weighted by Gasteiger charge is 2.28. The van der Waals surface area contributed by atoms with Crippen molar-refractivity contribution >= 4 is 67.2 Å². The summed E-state index contributed by atoms with van der Waals surface area (Å²) in [6, 6.07) is 26.2. The minimum atomic E-state index is -0.277. The fraction of sp³-hybridized carbons (Fsp3) is 0.188. The lowest BCUT2D eigenvalue weighted by Crippen LogP contribution is -2.29. The first kappa shape index (κ1) is 27.5. The molecule has 41 heavy (non-hydrogen) atoms. The molecule has 3 aromatic heterocycles. The SMILES string of the molecule is CCOc1cccc2cc(C(=O)Nc3sc4c(c3-c3nc5ccccc5s3)CCN(Cc3ccccc3)C4)oc12.Cl. The van der Waals surface area contributed by atoms with Gasteiger partial charge in [0.05, 0.1) is 16.8 Å². The predicted octanol–water partition coefficient (Wildman–Crippen LogP) is 8.40. The lowest BCUT2D eigenvalue weighted by atomic mass is 10.0. The zero-order valence-corrected chi connectivity index (χ0v) is 24.8. The van der Waals surface area contributed by atoms with Gasteiger partial charge in [-0.3, -0.25) is 9.69 Å². The topological polar surface area (TPSA) is 67.6 Å². The third kappa shape index (κ3) is 5.36. The number of thiazole rings is 1. The van der Waals surface area contributed by atoms with Crippen molar-refractivity contribution in [2.45, 2.75) is 26.4 Å². The first-order valence-corrected chi connectivity index (χ1v) is 15.0. The largest absolute Gasteiger partial charge is 0.490 e. The van der Waals surface area contributed by atoms with Gasteiger partial charge in [-0.2, -0.15) is 0 Å². The van der Waals surface area contributed by atoms with Crippen molar-refractivity contribution in [1.82, 2.24) is 9.88 Å². The van der Waals surface area contributed by atoms with Crippen LogP contribution in [0.25, 0.3) is 31.8 Å². The standard InChI is InChI=1S/C32H27N3O3S2.ClH/c1-2-37-24-13-8-11-21-17-25(38-29(21)24)30(36)34-32-28(31-33-23-12-6-7-14-26(23)39-31)22-15-16-35(19-27(22)40-32)18-20-9-4-3-5-10-20;/h3-14,17H,2,15-16,18-19H2,1H3,(H,34,36);1H. The molecule has 0 spiro atoms. The monoisotopic (exact) mass is 601 g/mol. The molecule has 0 bridgehead atoms. The Morgan fingerprint density at radius 1 is 1.05 bits per heavy atom. The van der Waals surface area contributed by atoms with E-state index >= 15 is 0 Å². The van der Waals surface area contributed by atoms with Gasteiger partial charge in [-0.05, 0) is 48.7 Å². The van der Waals surface area contributed by atoms with E-state index in [0.29, 0.717) is 17.9 Å². The number of aromatic nitrogens is 1. The van der Waals surface area contributed by atoms with Crippen LogP contribution >= 0.6 is 35.1 Å². The van der Waals surface area contributed by atoms with Gasteiger partial charge in [0.1, 0.15) is 10.0 Å². The summed E-state index contributed by atoms with van der Waals surface area (Å²) in [4.78, 5) is 22.3. The van der Waals surface area contributed by atoms with E-state index in [-0.39, 0.29) is 24.1 Å². The van der Waals surface area contributed by atoms with Crippen LogP contribution in [-0.4, -0.2) is 28.9 Å². The average Bonchev–Trinajstić information content (AvgIpc) is 3.68. The van der Waals surface area contributed by atoms with E-state index in [0.717, 1.165) is 57.2 Å². The van der Waals surface area contributed by atoms with Gasteiger partial charge in [-0.25, -0.2) is 4.98 Å². The number of fused-ring (bicyclic) bond motifs is 3. The summed E-state index contributed by atoms with van der Waals surface area (Å²) in [5, 5.41) is 5.79. The van der Waals surface area contributed by atoms with Crippen LogP contribution in [0.5, 0.6) is 5.75 Å². The number of nitrogens with zero attached hydrogens (tertiary/aromatic N) is 2. The van der Waals surface area contributed by atoms with Gasteiger partial charge in [0.25, 0.3) is 5.91 Å². The maximum Gasteiger partial charge on any atom is 0.292 e. The second kappa shape index (κ2) is 11.7. The molecule has 0 radical (unpaired) electrons. The smallest absolute Gasteiger partial charge is 0.292 e. The predicted molar refractivity (Wildman–Crippen MR) is 170 cm³/mol. The molecule has 208 valence electrons. The second-order valence-corrected chi connectivity index (χ2v) is 11.9. The van der Waals surface area contributed by atoms with Crippen molar-refractivity contribution in [2.24, 2.45) is 0 Å². The zero-order chi connectivity index (χ0) is 27.1. The van der Waals surface area contributed by atoms with Gasteiger partial charge in [0.2, 0.25) is 0 Å². The van der Waals surface area contributed by atoms with Crippen LogP contribution in [0, 0.1) is 0 Å². The number of ether oxygens (including phenoxy) is 1. The van der Waals surface area contributed by atoms with Crippen LogP contribution in [-0.2, 0) is 19.5 Å². The molecule has 0 aliphatic carbocycles. The summed E-state index contributed by atoms with van der Waals surface area (Å²) in [5.41, 5.74) is 5.19. The number of furan rings is 1. The third-order valence-electron chi connectivity index (χ3n) is 7.15. The molecule has 0 unspecified atom stereocenters. The maximum atomic E-state index is 13.6. The van der Waals surface area contributed by atoms with E-state index in [1.807, 2.05) is 43.3 Å². The molecule has 0 atom stereocenters. The van der Waals surface area contributed by atoms with Crippen LogP contribution < -0.4 is 10.1 Å². The maximum absolute atomic E-state index is 13.6. The molecule has 6 nitrogen and oxygen atoms in total. The number of hydrogen-bond donors (Lipinski definition) is 1. The van der Waals surface area contributed by atoms with Crippen LogP contribution in [0.2, 0.25) is 0 Å². The number of carbonyl (C=O) groups excluding carboxylic acids is 1. The number of para-hydroxylation sites is 2. The van der Waals surface area contributed by atoms with Gasteiger partial charge >= 0.3 is 0 Å². The molecule has 1 amide bonds. The fourth-order valence-electron chi connectivity index (χ4n) is 5.31. The Balaban J connectivity index is 0.00000302. The first-order chi connectivity index (χ1) is 19.7. The third-order valence-corrected chi connectivity index (χ3v) is 9.34. The van der Waals surface area contributed by atoms with E-state index in [2.05, 4.69) is 46.6 Å². The molecule has 1 N–H and O–H groups in total. The number of thiophene rings is 1. The molecule has 1 aliphatic heterocycles. The van der Waals surface area contributed by atoms with Crippen molar-refractivity contribution in [3.05, 3.63) is 101 Å². The molecule has 0 saturated carbocycles. The number of amides is 1. The zero-order valence-electron chi connectivity index (χ0n) is 22.4. The van der Waals surface area contributed by atoms with Crippen LogP contribution in [0.15, 0.2) is 83.3 Å². The Hall–Kier alpha value is -3.69. The minimum Gasteiger partial charge on any atom is -0.490 e. The van der Waals surface area contributed by atoms with E-state index < -0.39 is 0 Å². The van der Waals surface area contributed by atoms with Gasteiger partial charge in [0.15, 0.2) is 17.1 Å². The number of benzene rings is 3. The fourth-order valence-corrected chi connectivity index (χ4v) is 7.70. The van der Waals surface area contributed by atoms with Gasteiger partial charge in [-0.1, -0.05) is 54.6 Å². The van der Waals surface area contributed by atoms with Gasteiger partial charge < -0.3 is 14.5 Å². The van der Waals surface area contributed by atoms with Crippen LogP contribution in [0.4, 0.5) is 5.00 Å². The summed E-state index contributed by atoms with van der Waals surface area (Å²) in [6.07, 6.45) is 0.905. The minimum absolute atomic E-state index is 0. The Morgan fingerprint density at radius 3 is 2.71 bits per heavy atom. The number of nitrogens with one attached hydrogen (secondary N) is 1. The normalized spacial score (nSPS) is 13.2. The number of hydrogen-bond acceptors (Lipinski definition) is 7. The molecular weight excluding hydrogens is 574 g/mol. The van der Waals surface area contributed by atoms with Crippen molar-refractivity contribution in [3.8, 4) is 16.3 Å². The summed E-state index contributed by atoms with van der Waals surface area (Å²) in [6.45, 7) is 5.14. The summed E-state index contributed by atoms with van der Waals surface area (Å²) >= 11 is 3.32. The van der Waals surface area contributed by atoms with Crippen molar-refractivity contribution in [1.29, 1.82) is 0 Å². The molecule has 7 rings (SSSR count). The second-order valence-electron chi connectivity index (χ2n) is 9.81. The molecule has 4 heterocycles. The molecule has 3 aromatic carbocycles. The van der Waals surface area contributed by atoms with Gasteiger partial charge in [0, 0.05) is 35.5 Å². The number of rotatable bonds is 7. The molecule has 1 aliphatic rings. The molecule has 6 aromatic rings. The average molecular weight is 602 g/mol. The van der Waals surface area contributed by atoms with E-state index in [1.165, 1.54) is 16.0 Å². The highest BCUT2D eigenvalue weighted by Crippen LogP contribution is 2.46. The Kier molecular flexibility index (Phi) is 7.81. The number of anilines is 1. The van der Waals surface area contributed by atoms with Crippen molar-refractivity contribution in [3.63, 3.8) is 0 Å². The Morgan fingerprint density at radius 2 is 1.88 bits per heavy atom. The first-order valence-electron chi connectivity index (χ1n) is 13.4. The summed E-state index contributed by atoms with van der Waals surface area (Å²) in [7, 11) is 0. The molecular formula is C32H28ClN3O3S2. The lowest BCUT2D eigenvalue weighted by molar-refractivity contribution is 0.0999. The quantitative estimate of drug-likeness (QED) is 0.199. The van der Waals surface area contributed by atoms with Crippen molar-refractivity contribution < 1.29 is 13.9 Å². The number of halogens is 1. The molecule has 0 fully saturated rings. The van der Waals surface area contributed by atoms with E-state index in [1.54, 1.807) is 28.7 Å². The summed E-state index contributed by atoms with van der Waals surface area (Å²) < 4.78 is 12.9. The highest BCUT2D eigenvalue weighted by molar-refractivity contribution is 7.23. The molecule has 0 saturated heterocycles. The lowest BCUT2D eigenvalue weighted by Gasteiger charge is -2.27. The van der Waals surface area contributed by atoms with Crippen molar-refractivity contribution in [2.75, 3.05) is 18.5 Å². The van der Waals surface area contributed by atoms with Gasteiger partial charge in [-0.15, -0.1) is 35.1 Å². The van der Waals surface area contributed by atoms with Crippen LogP contribution in [0.1, 0.15) is 33.5 Å². The van der Waals surface area contributed by atoms with E-state index in [4.69, 9.17) is 14.1 Å². The Bertz CT molecular complexity index is 1810. The number of carbonyl (C=O) groups is 1. The highest BCUT2D eigenvalue weighted by atomic mass is 35.5. The summed E-state index contributed by atoms with van der Waals surface area (Å²) in [5.74, 6) is 0.620. The van der Waals surface area contributed by atoms with Crippen LogP contribution in [0.3, 0.4) is 0 Å². The molecule has 9 heteroatoms. The Labute approximate surface area is 252 Å².